The fourth-order valence-corrected chi connectivity index (χ4v) is 2.21. The van der Waals surface area contributed by atoms with E-state index in [0.29, 0.717) is 12.5 Å². The lowest BCUT2D eigenvalue weighted by molar-refractivity contribution is -0.116. The number of nitrogens with zero attached hydrogens (tertiary/aromatic N) is 1. The number of anilines is 2. The molecule has 98 valence electrons. The van der Waals surface area contributed by atoms with Crippen LogP contribution >= 0.6 is 0 Å². The Morgan fingerprint density at radius 3 is 2.67 bits per heavy atom. The maximum Gasteiger partial charge on any atom is 0.225 e. The van der Waals surface area contributed by atoms with E-state index in [-0.39, 0.29) is 5.91 Å². The molecule has 1 aliphatic rings. The molecule has 1 aromatic carbocycles. The summed E-state index contributed by atoms with van der Waals surface area (Å²) in [6, 6.07) is 8.24. The molecule has 18 heavy (non-hydrogen) atoms. The fraction of sp³-hybridized carbons (Fsp3) is 0.500. The van der Waals surface area contributed by atoms with Crippen molar-refractivity contribution in [2.75, 3.05) is 30.9 Å². The van der Waals surface area contributed by atoms with Gasteiger partial charge < -0.3 is 15.5 Å². The first-order valence-corrected chi connectivity index (χ1v) is 6.46. The van der Waals surface area contributed by atoms with Crippen molar-refractivity contribution >= 4 is 17.3 Å². The molecule has 1 aromatic rings. The highest BCUT2D eigenvalue weighted by Crippen LogP contribution is 2.16. The molecule has 0 saturated carbocycles. The van der Waals surface area contributed by atoms with E-state index in [1.54, 1.807) is 0 Å². The Balaban J connectivity index is 1.86. The highest BCUT2D eigenvalue weighted by molar-refractivity contribution is 5.91. The van der Waals surface area contributed by atoms with Gasteiger partial charge in [0.05, 0.1) is 0 Å². The maximum absolute atomic E-state index is 11.8. The molecule has 0 aromatic heterocycles. The normalized spacial score (nSPS) is 18.7. The minimum Gasteiger partial charge on any atom is -0.378 e. The lowest BCUT2D eigenvalue weighted by Crippen LogP contribution is -2.27. The Hall–Kier alpha value is -1.55. The molecule has 4 nitrogen and oxygen atoms in total. The molecule has 1 fully saturated rings. The van der Waals surface area contributed by atoms with Crippen molar-refractivity contribution in [1.82, 2.24) is 5.32 Å². The van der Waals surface area contributed by atoms with Gasteiger partial charge in [0.25, 0.3) is 0 Å². The summed E-state index contributed by atoms with van der Waals surface area (Å²) in [7, 11) is 4.00. The van der Waals surface area contributed by atoms with Gasteiger partial charge in [-0.2, -0.15) is 0 Å². The van der Waals surface area contributed by atoms with Crippen LogP contribution in [0.4, 0.5) is 11.4 Å². The van der Waals surface area contributed by atoms with Gasteiger partial charge in [0.2, 0.25) is 5.91 Å². The first kappa shape index (κ1) is 12.9. The number of nitrogens with one attached hydrogen (secondary N) is 2. The van der Waals surface area contributed by atoms with Crippen LogP contribution in [0.3, 0.4) is 0 Å². The second-order valence-electron chi connectivity index (χ2n) is 4.99. The quantitative estimate of drug-likeness (QED) is 0.853. The summed E-state index contributed by atoms with van der Waals surface area (Å²) in [5, 5.41) is 6.27. The second kappa shape index (κ2) is 5.87. The SMILES string of the molecule is CN(C)c1ccc(NC(=O)CC2CCCN2)cc1. The molecule has 0 spiro atoms. The number of carbonyl (C=O) groups excluding carboxylic acids is 1. The van der Waals surface area contributed by atoms with Gasteiger partial charge in [0.1, 0.15) is 0 Å². The molecule has 4 heteroatoms. The highest BCUT2D eigenvalue weighted by atomic mass is 16.1. The third-order valence-corrected chi connectivity index (χ3v) is 3.26. The van der Waals surface area contributed by atoms with Crippen LogP contribution in [-0.4, -0.2) is 32.6 Å². The van der Waals surface area contributed by atoms with Gasteiger partial charge in [0.15, 0.2) is 0 Å². The predicted molar refractivity (Wildman–Crippen MR) is 75.0 cm³/mol. The van der Waals surface area contributed by atoms with E-state index < -0.39 is 0 Å². The van der Waals surface area contributed by atoms with Crippen molar-refractivity contribution in [2.45, 2.75) is 25.3 Å². The zero-order valence-corrected chi connectivity index (χ0v) is 11.1. The van der Waals surface area contributed by atoms with Gasteiger partial charge in [0, 0.05) is 37.9 Å². The largest absolute Gasteiger partial charge is 0.378 e. The van der Waals surface area contributed by atoms with Gasteiger partial charge in [-0.25, -0.2) is 0 Å². The number of hydrogen-bond donors (Lipinski definition) is 2. The number of amides is 1. The summed E-state index contributed by atoms with van der Waals surface area (Å²) in [6.45, 7) is 1.04. The summed E-state index contributed by atoms with van der Waals surface area (Å²) in [6.07, 6.45) is 2.85. The Bertz CT molecular complexity index is 394. The van der Waals surface area contributed by atoms with Gasteiger partial charge >= 0.3 is 0 Å². The standard InChI is InChI=1S/C14H21N3O/c1-17(2)13-7-5-11(6-8-13)16-14(18)10-12-4-3-9-15-12/h5-8,12,15H,3-4,9-10H2,1-2H3,(H,16,18). The van der Waals surface area contributed by atoms with Crippen LogP contribution in [0.2, 0.25) is 0 Å². The van der Waals surface area contributed by atoms with Crippen molar-refractivity contribution < 1.29 is 4.79 Å². The molecule has 0 bridgehead atoms. The minimum absolute atomic E-state index is 0.0898. The zero-order chi connectivity index (χ0) is 13.0. The molecule has 1 saturated heterocycles. The van der Waals surface area contributed by atoms with Gasteiger partial charge in [-0.15, -0.1) is 0 Å². The molecule has 0 radical (unpaired) electrons. The fourth-order valence-electron chi connectivity index (χ4n) is 2.21. The minimum atomic E-state index is 0.0898. The van der Waals surface area contributed by atoms with E-state index >= 15 is 0 Å². The van der Waals surface area contributed by atoms with E-state index in [4.69, 9.17) is 0 Å². The summed E-state index contributed by atoms with van der Waals surface area (Å²) >= 11 is 0. The van der Waals surface area contributed by atoms with Crippen LogP contribution in [0, 0.1) is 0 Å². The first-order valence-electron chi connectivity index (χ1n) is 6.46. The summed E-state index contributed by atoms with van der Waals surface area (Å²) < 4.78 is 0. The predicted octanol–water partition coefficient (Wildman–Crippen LogP) is 1.83. The topological polar surface area (TPSA) is 44.4 Å². The van der Waals surface area contributed by atoms with Crippen LogP contribution in [-0.2, 0) is 4.79 Å². The highest BCUT2D eigenvalue weighted by Gasteiger charge is 2.17. The molecule has 2 rings (SSSR count). The Morgan fingerprint density at radius 2 is 2.11 bits per heavy atom. The lowest BCUT2D eigenvalue weighted by atomic mass is 10.1. The van der Waals surface area contributed by atoms with Crippen molar-refractivity contribution in [2.24, 2.45) is 0 Å². The third-order valence-electron chi connectivity index (χ3n) is 3.26. The van der Waals surface area contributed by atoms with Crippen LogP contribution in [0.5, 0.6) is 0 Å². The van der Waals surface area contributed by atoms with E-state index in [1.165, 1.54) is 6.42 Å². The number of rotatable bonds is 4. The molecule has 2 N–H and O–H groups in total. The average molecular weight is 247 g/mol. The lowest BCUT2D eigenvalue weighted by Gasteiger charge is -2.14. The van der Waals surface area contributed by atoms with Gasteiger partial charge in [-0.3, -0.25) is 4.79 Å². The molecule has 0 aliphatic carbocycles. The Morgan fingerprint density at radius 1 is 1.39 bits per heavy atom. The van der Waals surface area contributed by atoms with Crippen molar-refractivity contribution in [1.29, 1.82) is 0 Å². The first-order chi connectivity index (χ1) is 8.65. The van der Waals surface area contributed by atoms with E-state index in [1.807, 2.05) is 43.3 Å². The third kappa shape index (κ3) is 3.47. The van der Waals surface area contributed by atoms with E-state index in [0.717, 1.165) is 24.3 Å². The molecular formula is C14H21N3O. The Kier molecular flexibility index (Phi) is 4.20. The van der Waals surface area contributed by atoms with Gasteiger partial charge in [-0.1, -0.05) is 0 Å². The van der Waals surface area contributed by atoms with Crippen LogP contribution in [0.15, 0.2) is 24.3 Å². The average Bonchev–Trinajstić information content (AvgIpc) is 2.82. The molecule has 1 heterocycles. The molecule has 1 atom stereocenters. The molecule has 1 aliphatic heterocycles. The van der Waals surface area contributed by atoms with Crippen molar-refractivity contribution in [3.8, 4) is 0 Å². The van der Waals surface area contributed by atoms with E-state index in [2.05, 4.69) is 10.6 Å². The molecule has 1 amide bonds. The number of carbonyl (C=O) groups is 1. The summed E-state index contributed by atoms with van der Waals surface area (Å²) in [5.41, 5.74) is 1.99. The van der Waals surface area contributed by atoms with Crippen molar-refractivity contribution in [3.63, 3.8) is 0 Å². The monoisotopic (exact) mass is 247 g/mol. The molecule has 1 unspecified atom stereocenters. The van der Waals surface area contributed by atoms with Crippen LogP contribution in [0.1, 0.15) is 19.3 Å². The smallest absolute Gasteiger partial charge is 0.225 e. The Labute approximate surface area is 108 Å². The maximum atomic E-state index is 11.8. The zero-order valence-electron chi connectivity index (χ0n) is 11.1. The number of benzene rings is 1. The van der Waals surface area contributed by atoms with Crippen molar-refractivity contribution in [3.05, 3.63) is 24.3 Å². The molecular weight excluding hydrogens is 226 g/mol. The van der Waals surface area contributed by atoms with Crippen LogP contribution < -0.4 is 15.5 Å². The van der Waals surface area contributed by atoms with E-state index in [9.17, 15) is 4.79 Å². The summed E-state index contributed by atoms with van der Waals surface area (Å²) in [4.78, 5) is 13.9. The van der Waals surface area contributed by atoms with Gasteiger partial charge in [-0.05, 0) is 43.7 Å². The second-order valence-corrected chi connectivity index (χ2v) is 4.99. The van der Waals surface area contributed by atoms with Crippen LogP contribution in [0.25, 0.3) is 0 Å². The number of hydrogen-bond acceptors (Lipinski definition) is 3. The summed E-state index contributed by atoms with van der Waals surface area (Å²) in [5.74, 6) is 0.0898.